The largest absolute Gasteiger partial charge is 0.486 e. The molecule has 0 N–H and O–H groups in total. The number of hydrogen-bond acceptors (Lipinski definition) is 8. The Morgan fingerprint density at radius 2 is 1.81 bits per heavy atom. The Labute approximate surface area is 151 Å². The molecule has 0 radical (unpaired) electrons. The smallest absolute Gasteiger partial charge is 0.243 e. The highest BCUT2D eigenvalue weighted by Crippen LogP contribution is 2.33. The summed E-state index contributed by atoms with van der Waals surface area (Å²) in [6.07, 6.45) is 0. The topological polar surface area (TPSA) is 98.0 Å². The summed E-state index contributed by atoms with van der Waals surface area (Å²) in [5.74, 6) is 2.20. The fourth-order valence-electron chi connectivity index (χ4n) is 3.06. The van der Waals surface area contributed by atoms with Crippen LogP contribution in [0.15, 0.2) is 27.6 Å². The molecule has 140 valence electrons. The lowest BCUT2D eigenvalue weighted by atomic mass is 10.3. The first-order valence-electron chi connectivity index (χ1n) is 8.44. The summed E-state index contributed by atoms with van der Waals surface area (Å²) in [5.41, 5.74) is 0. The minimum absolute atomic E-state index is 0.225. The second-order valence-corrected chi connectivity index (χ2v) is 8.16. The van der Waals surface area contributed by atoms with Gasteiger partial charge in [-0.05, 0) is 19.1 Å². The lowest BCUT2D eigenvalue weighted by Gasteiger charge is -2.33. The first kappa shape index (κ1) is 17.3. The molecule has 1 aromatic heterocycles. The van der Waals surface area contributed by atoms with Crippen LogP contribution in [0.25, 0.3) is 0 Å². The molecule has 0 spiro atoms. The van der Waals surface area contributed by atoms with Crippen molar-refractivity contribution in [3.63, 3.8) is 0 Å². The molecule has 4 rings (SSSR count). The number of ether oxygens (including phenoxy) is 2. The van der Waals surface area contributed by atoms with Crippen molar-refractivity contribution in [1.82, 2.24) is 19.3 Å². The Balaban J connectivity index is 1.43. The number of aryl methyl sites for hydroxylation is 1. The molecule has 0 saturated carbocycles. The maximum absolute atomic E-state index is 12.9. The lowest BCUT2D eigenvalue weighted by Crippen LogP contribution is -2.48. The highest BCUT2D eigenvalue weighted by Gasteiger charge is 2.30. The van der Waals surface area contributed by atoms with Crippen molar-refractivity contribution < 1.29 is 22.4 Å². The fourth-order valence-corrected chi connectivity index (χ4v) is 4.49. The van der Waals surface area contributed by atoms with Crippen LogP contribution in [-0.4, -0.2) is 67.2 Å². The van der Waals surface area contributed by atoms with Crippen molar-refractivity contribution in [3.05, 3.63) is 29.9 Å². The number of sulfonamides is 1. The Kier molecular flexibility index (Phi) is 4.55. The molecular weight excluding hydrogens is 360 g/mol. The van der Waals surface area contributed by atoms with Crippen LogP contribution < -0.4 is 9.47 Å². The number of rotatable bonds is 4. The van der Waals surface area contributed by atoms with Crippen LogP contribution in [0, 0.1) is 6.92 Å². The number of hydrogen-bond donors (Lipinski definition) is 0. The number of aromatic nitrogens is 2. The van der Waals surface area contributed by atoms with E-state index < -0.39 is 10.0 Å². The van der Waals surface area contributed by atoms with Crippen molar-refractivity contribution in [1.29, 1.82) is 0 Å². The van der Waals surface area contributed by atoms with Gasteiger partial charge in [0.25, 0.3) is 0 Å². The molecule has 2 aromatic rings. The van der Waals surface area contributed by atoms with E-state index in [0.717, 1.165) is 0 Å². The van der Waals surface area contributed by atoms with Gasteiger partial charge in [0.1, 0.15) is 13.2 Å². The van der Waals surface area contributed by atoms with E-state index in [1.807, 2.05) is 0 Å². The zero-order chi connectivity index (χ0) is 18.1. The molecule has 2 aliphatic rings. The minimum atomic E-state index is -3.57. The summed E-state index contributed by atoms with van der Waals surface area (Å²) in [7, 11) is -3.57. The van der Waals surface area contributed by atoms with E-state index in [1.54, 1.807) is 19.1 Å². The molecule has 0 unspecified atom stereocenters. The van der Waals surface area contributed by atoms with Gasteiger partial charge in [0.05, 0.1) is 11.4 Å². The first-order chi connectivity index (χ1) is 12.5. The molecular formula is C16H20N4O5S. The van der Waals surface area contributed by atoms with Crippen molar-refractivity contribution in [2.75, 3.05) is 39.4 Å². The van der Waals surface area contributed by atoms with Crippen LogP contribution in [-0.2, 0) is 16.6 Å². The predicted molar refractivity (Wildman–Crippen MR) is 90.5 cm³/mol. The molecule has 10 heteroatoms. The van der Waals surface area contributed by atoms with E-state index in [2.05, 4.69) is 15.0 Å². The second kappa shape index (κ2) is 6.86. The Hall–Kier alpha value is -2.17. The van der Waals surface area contributed by atoms with E-state index in [-0.39, 0.29) is 4.90 Å². The molecule has 0 aliphatic carbocycles. The molecule has 1 saturated heterocycles. The third-order valence-electron chi connectivity index (χ3n) is 4.41. The van der Waals surface area contributed by atoms with Crippen LogP contribution >= 0.6 is 0 Å². The average Bonchev–Trinajstić information content (AvgIpc) is 3.06. The second-order valence-electron chi connectivity index (χ2n) is 6.22. The van der Waals surface area contributed by atoms with Crippen LogP contribution in [0.3, 0.4) is 0 Å². The molecule has 1 aromatic carbocycles. The molecule has 0 bridgehead atoms. The van der Waals surface area contributed by atoms with Gasteiger partial charge >= 0.3 is 0 Å². The predicted octanol–water partition coefficient (Wildman–Crippen LogP) is 0.656. The van der Waals surface area contributed by atoms with E-state index in [4.69, 9.17) is 14.0 Å². The van der Waals surface area contributed by atoms with E-state index in [1.165, 1.54) is 10.4 Å². The lowest BCUT2D eigenvalue weighted by molar-refractivity contribution is 0.163. The summed E-state index contributed by atoms with van der Waals surface area (Å²) in [4.78, 5) is 6.51. The average molecular weight is 380 g/mol. The van der Waals surface area contributed by atoms with Crippen molar-refractivity contribution in [2.45, 2.75) is 18.4 Å². The van der Waals surface area contributed by atoms with Gasteiger partial charge in [-0.2, -0.15) is 9.29 Å². The van der Waals surface area contributed by atoms with E-state index >= 15 is 0 Å². The SMILES string of the molecule is Cc1noc(CN2CCN(S(=O)(=O)c3ccc4c(c3)OCCO4)CC2)n1. The zero-order valence-electron chi connectivity index (χ0n) is 14.4. The third kappa shape index (κ3) is 3.39. The van der Waals surface area contributed by atoms with Gasteiger partial charge in [-0.1, -0.05) is 5.16 Å². The van der Waals surface area contributed by atoms with Gasteiger partial charge in [-0.3, -0.25) is 4.90 Å². The van der Waals surface area contributed by atoms with E-state index in [0.29, 0.717) is 69.2 Å². The van der Waals surface area contributed by atoms with Gasteiger partial charge in [0.15, 0.2) is 17.3 Å². The number of fused-ring (bicyclic) bond motifs is 1. The Morgan fingerprint density at radius 1 is 1.08 bits per heavy atom. The van der Waals surface area contributed by atoms with Gasteiger partial charge in [-0.25, -0.2) is 8.42 Å². The van der Waals surface area contributed by atoms with Gasteiger partial charge in [-0.15, -0.1) is 0 Å². The maximum Gasteiger partial charge on any atom is 0.243 e. The maximum atomic E-state index is 12.9. The van der Waals surface area contributed by atoms with Gasteiger partial charge in [0, 0.05) is 32.2 Å². The zero-order valence-corrected chi connectivity index (χ0v) is 15.2. The summed E-state index contributed by atoms with van der Waals surface area (Å²) < 4.78 is 43.4. The fraction of sp³-hybridized carbons (Fsp3) is 0.500. The van der Waals surface area contributed by atoms with Gasteiger partial charge in [0.2, 0.25) is 15.9 Å². The van der Waals surface area contributed by atoms with Crippen LogP contribution in [0.2, 0.25) is 0 Å². The third-order valence-corrected chi connectivity index (χ3v) is 6.31. The summed E-state index contributed by atoms with van der Waals surface area (Å²) in [6, 6.07) is 4.75. The first-order valence-corrected chi connectivity index (χ1v) is 9.88. The Morgan fingerprint density at radius 3 is 2.50 bits per heavy atom. The van der Waals surface area contributed by atoms with Crippen LogP contribution in [0.4, 0.5) is 0 Å². The molecule has 1 fully saturated rings. The van der Waals surface area contributed by atoms with Gasteiger partial charge < -0.3 is 14.0 Å². The van der Waals surface area contributed by atoms with Crippen molar-refractivity contribution >= 4 is 10.0 Å². The standard InChI is InChI=1S/C16H20N4O5S/c1-12-17-16(25-18-12)11-19-4-6-20(7-5-19)26(21,22)13-2-3-14-15(10-13)24-9-8-23-14/h2-3,10H,4-9,11H2,1H3. The van der Waals surface area contributed by atoms with Crippen LogP contribution in [0.1, 0.15) is 11.7 Å². The normalized spacial score (nSPS) is 18.8. The summed E-state index contributed by atoms with van der Waals surface area (Å²) >= 11 is 0. The minimum Gasteiger partial charge on any atom is -0.486 e. The highest BCUT2D eigenvalue weighted by molar-refractivity contribution is 7.89. The number of nitrogens with zero attached hydrogens (tertiary/aromatic N) is 4. The Bertz CT molecular complexity index is 890. The quantitative estimate of drug-likeness (QED) is 0.763. The van der Waals surface area contributed by atoms with Crippen molar-refractivity contribution in [3.8, 4) is 11.5 Å². The molecule has 0 atom stereocenters. The van der Waals surface area contributed by atoms with Crippen LogP contribution in [0.5, 0.6) is 11.5 Å². The van der Waals surface area contributed by atoms with Crippen molar-refractivity contribution in [2.24, 2.45) is 0 Å². The molecule has 3 heterocycles. The number of piperazine rings is 1. The monoisotopic (exact) mass is 380 g/mol. The highest BCUT2D eigenvalue weighted by atomic mass is 32.2. The number of benzene rings is 1. The summed E-state index contributed by atoms with van der Waals surface area (Å²) in [5, 5.41) is 3.77. The molecule has 26 heavy (non-hydrogen) atoms. The molecule has 2 aliphatic heterocycles. The molecule has 0 amide bonds. The van der Waals surface area contributed by atoms with E-state index in [9.17, 15) is 8.42 Å². The molecule has 9 nitrogen and oxygen atoms in total. The summed E-state index contributed by atoms with van der Waals surface area (Å²) in [6.45, 7) is 5.21.